The van der Waals surface area contributed by atoms with Gasteiger partial charge in [-0.1, -0.05) is 29.8 Å². The number of aromatic nitrogens is 2. The molecule has 0 bridgehead atoms. The topological polar surface area (TPSA) is 59.2 Å². The van der Waals surface area contributed by atoms with E-state index in [1.807, 2.05) is 38.1 Å². The van der Waals surface area contributed by atoms with E-state index in [2.05, 4.69) is 10.1 Å². The second-order valence-corrected chi connectivity index (χ2v) is 3.75. The summed E-state index contributed by atoms with van der Waals surface area (Å²) in [5.41, 5.74) is 2.01. The highest BCUT2D eigenvalue weighted by molar-refractivity contribution is 5.53. The van der Waals surface area contributed by atoms with E-state index in [0.717, 1.165) is 11.1 Å². The van der Waals surface area contributed by atoms with Crippen LogP contribution in [0.1, 0.15) is 30.8 Å². The van der Waals surface area contributed by atoms with Gasteiger partial charge in [0.1, 0.15) is 6.10 Å². The number of hydrogen-bond acceptors (Lipinski definition) is 4. The molecule has 0 saturated heterocycles. The van der Waals surface area contributed by atoms with Crippen molar-refractivity contribution in [3.05, 3.63) is 35.7 Å². The summed E-state index contributed by atoms with van der Waals surface area (Å²) in [7, 11) is 0. The van der Waals surface area contributed by atoms with Crippen LogP contribution >= 0.6 is 0 Å². The second-order valence-electron chi connectivity index (χ2n) is 3.75. The molecule has 1 aromatic heterocycles. The van der Waals surface area contributed by atoms with Crippen molar-refractivity contribution in [3.63, 3.8) is 0 Å². The van der Waals surface area contributed by atoms with E-state index in [-0.39, 0.29) is 0 Å². The number of hydrogen-bond donors (Lipinski definition) is 1. The molecule has 4 heteroatoms. The summed E-state index contributed by atoms with van der Waals surface area (Å²) >= 11 is 0. The summed E-state index contributed by atoms with van der Waals surface area (Å²) < 4.78 is 5.11. The summed E-state index contributed by atoms with van der Waals surface area (Å²) in [5.74, 6) is 0.796. The quantitative estimate of drug-likeness (QED) is 0.859. The molecule has 1 heterocycles. The third-order valence-electron chi connectivity index (χ3n) is 2.39. The zero-order chi connectivity index (χ0) is 11.5. The van der Waals surface area contributed by atoms with Crippen molar-refractivity contribution >= 4 is 0 Å². The molecule has 0 amide bonds. The molecule has 1 unspecified atom stereocenters. The Kier molecular flexibility index (Phi) is 3.01. The SMILES string of the molecule is CCC(O)c1noc(-c2cccc(C)c2)n1. The van der Waals surface area contributed by atoms with E-state index in [1.54, 1.807) is 0 Å². The van der Waals surface area contributed by atoms with Gasteiger partial charge >= 0.3 is 0 Å². The fourth-order valence-electron chi connectivity index (χ4n) is 1.45. The maximum atomic E-state index is 9.56. The summed E-state index contributed by atoms with van der Waals surface area (Å²) in [5, 5.41) is 13.3. The van der Waals surface area contributed by atoms with Crippen LogP contribution < -0.4 is 0 Å². The van der Waals surface area contributed by atoms with Gasteiger partial charge in [-0.15, -0.1) is 0 Å². The van der Waals surface area contributed by atoms with E-state index in [1.165, 1.54) is 0 Å². The van der Waals surface area contributed by atoms with Gasteiger partial charge < -0.3 is 9.63 Å². The first-order chi connectivity index (χ1) is 7.70. The molecule has 1 N–H and O–H groups in total. The Morgan fingerprint density at radius 3 is 2.94 bits per heavy atom. The van der Waals surface area contributed by atoms with Crippen molar-refractivity contribution in [2.45, 2.75) is 26.4 Å². The van der Waals surface area contributed by atoms with Crippen LogP contribution in [-0.4, -0.2) is 15.2 Å². The highest BCUT2D eigenvalue weighted by atomic mass is 16.5. The van der Waals surface area contributed by atoms with Gasteiger partial charge in [-0.2, -0.15) is 4.98 Å². The van der Waals surface area contributed by atoms with Crippen LogP contribution in [0.3, 0.4) is 0 Å². The van der Waals surface area contributed by atoms with Gasteiger partial charge in [-0.3, -0.25) is 0 Å². The average molecular weight is 218 g/mol. The minimum Gasteiger partial charge on any atom is -0.385 e. The minimum absolute atomic E-state index is 0.346. The first-order valence-electron chi connectivity index (χ1n) is 5.29. The normalized spacial score (nSPS) is 12.7. The Labute approximate surface area is 93.9 Å². The largest absolute Gasteiger partial charge is 0.385 e. The standard InChI is InChI=1S/C12H14N2O2/c1-3-10(15)11-13-12(16-14-11)9-6-4-5-8(2)7-9/h4-7,10,15H,3H2,1-2H3. The lowest BCUT2D eigenvalue weighted by molar-refractivity contribution is 0.159. The zero-order valence-electron chi connectivity index (χ0n) is 9.34. The number of aliphatic hydroxyl groups is 1. The fourth-order valence-corrected chi connectivity index (χ4v) is 1.45. The molecule has 0 spiro atoms. The van der Waals surface area contributed by atoms with Gasteiger partial charge in [-0.05, 0) is 25.5 Å². The number of benzene rings is 1. The Balaban J connectivity index is 2.31. The molecular weight excluding hydrogens is 204 g/mol. The van der Waals surface area contributed by atoms with Gasteiger partial charge in [0, 0.05) is 5.56 Å². The van der Waals surface area contributed by atoms with Crippen LogP contribution in [0, 0.1) is 6.92 Å². The molecule has 16 heavy (non-hydrogen) atoms. The van der Waals surface area contributed by atoms with E-state index in [0.29, 0.717) is 18.1 Å². The van der Waals surface area contributed by atoms with E-state index < -0.39 is 6.10 Å². The van der Waals surface area contributed by atoms with Crippen LogP contribution in [0.15, 0.2) is 28.8 Å². The molecule has 4 nitrogen and oxygen atoms in total. The first kappa shape index (κ1) is 10.8. The Hall–Kier alpha value is -1.68. The zero-order valence-corrected chi connectivity index (χ0v) is 9.34. The van der Waals surface area contributed by atoms with Gasteiger partial charge in [0.15, 0.2) is 0 Å². The molecule has 0 radical (unpaired) electrons. The van der Waals surface area contributed by atoms with Gasteiger partial charge in [0.25, 0.3) is 5.89 Å². The summed E-state index contributed by atoms with van der Waals surface area (Å²) in [6.07, 6.45) is -0.0745. The number of aliphatic hydroxyl groups excluding tert-OH is 1. The summed E-state index contributed by atoms with van der Waals surface area (Å²) in [4.78, 5) is 4.16. The Bertz CT molecular complexity index is 479. The van der Waals surface area contributed by atoms with Crippen LogP contribution in [0.25, 0.3) is 11.5 Å². The van der Waals surface area contributed by atoms with Crippen molar-refractivity contribution in [2.75, 3.05) is 0 Å². The Morgan fingerprint density at radius 2 is 2.25 bits per heavy atom. The lowest BCUT2D eigenvalue weighted by Gasteiger charge is -1.98. The van der Waals surface area contributed by atoms with E-state index in [4.69, 9.17) is 4.52 Å². The first-order valence-corrected chi connectivity index (χ1v) is 5.29. The predicted octanol–water partition coefficient (Wildman–Crippen LogP) is 2.49. The lowest BCUT2D eigenvalue weighted by atomic mass is 10.1. The highest BCUT2D eigenvalue weighted by Gasteiger charge is 2.14. The smallest absolute Gasteiger partial charge is 0.258 e. The third kappa shape index (κ3) is 2.12. The minimum atomic E-state index is -0.651. The predicted molar refractivity (Wildman–Crippen MR) is 59.7 cm³/mol. The van der Waals surface area contributed by atoms with Gasteiger partial charge in [-0.25, -0.2) is 0 Å². The maximum Gasteiger partial charge on any atom is 0.258 e. The molecule has 1 atom stereocenters. The lowest BCUT2D eigenvalue weighted by Crippen LogP contribution is -1.97. The van der Waals surface area contributed by atoms with Crippen LogP contribution in [0.4, 0.5) is 0 Å². The van der Waals surface area contributed by atoms with Crippen molar-refractivity contribution < 1.29 is 9.63 Å². The summed E-state index contributed by atoms with van der Waals surface area (Å²) in [6.45, 7) is 3.87. The number of aryl methyl sites for hydroxylation is 1. The Morgan fingerprint density at radius 1 is 1.44 bits per heavy atom. The molecule has 2 rings (SSSR count). The molecular formula is C12H14N2O2. The number of nitrogens with zero attached hydrogens (tertiary/aromatic N) is 2. The van der Waals surface area contributed by atoms with Crippen molar-refractivity contribution in [1.29, 1.82) is 0 Å². The number of rotatable bonds is 3. The molecule has 84 valence electrons. The molecule has 0 aliphatic heterocycles. The molecule has 0 fully saturated rings. The molecule has 2 aromatic rings. The molecule has 0 saturated carbocycles. The fraction of sp³-hybridized carbons (Fsp3) is 0.333. The van der Waals surface area contributed by atoms with Crippen LogP contribution in [0.2, 0.25) is 0 Å². The maximum absolute atomic E-state index is 9.56. The van der Waals surface area contributed by atoms with Crippen LogP contribution in [-0.2, 0) is 0 Å². The summed E-state index contributed by atoms with van der Waals surface area (Å²) in [6, 6.07) is 7.81. The van der Waals surface area contributed by atoms with Crippen molar-refractivity contribution in [3.8, 4) is 11.5 Å². The van der Waals surface area contributed by atoms with Crippen molar-refractivity contribution in [2.24, 2.45) is 0 Å². The van der Waals surface area contributed by atoms with Crippen molar-refractivity contribution in [1.82, 2.24) is 10.1 Å². The highest BCUT2D eigenvalue weighted by Crippen LogP contribution is 2.21. The average Bonchev–Trinajstić information content (AvgIpc) is 2.77. The molecule has 0 aliphatic rings. The van der Waals surface area contributed by atoms with Gasteiger partial charge in [0.05, 0.1) is 0 Å². The van der Waals surface area contributed by atoms with Crippen LogP contribution in [0.5, 0.6) is 0 Å². The third-order valence-corrected chi connectivity index (χ3v) is 2.39. The van der Waals surface area contributed by atoms with E-state index in [9.17, 15) is 5.11 Å². The van der Waals surface area contributed by atoms with Gasteiger partial charge in [0.2, 0.25) is 5.82 Å². The second kappa shape index (κ2) is 4.45. The van der Waals surface area contributed by atoms with E-state index >= 15 is 0 Å². The monoisotopic (exact) mass is 218 g/mol. The molecule has 0 aliphatic carbocycles. The molecule has 1 aromatic carbocycles.